The van der Waals surface area contributed by atoms with Crippen molar-refractivity contribution in [3.05, 3.63) is 53.7 Å². The van der Waals surface area contributed by atoms with Gasteiger partial charge in [0.1, 0.15) is 17.4 Å². The van der Waals surface area contributed by atoms with E-state index in [0.717, 1.165) is 17.7 Å². The Balaban J connectivity index is 1.71. The Kier molecular flexibility index (Phi) is 4.99. The van der Waals surface area contributed by atoms with Crippen LogP contribution < -0.4 is 9.47 Å². The summed E-state index contributed by atoms with van der Waals surface area (Å²) in [5.74, 6) is 1.21. The van der Waals surface area contributed by atoms with E-state index >= 15 is 0 Å². The Bertz CT molecular complexity index is 703. The van der Waals surface area contributed by atoms with Crippen LogP contribution >= 0.6 is 0 Å². The Morgan fingerprint density at radius 2 is 2.08 bits per heavy atom. The molecule has 0 saturated carbocycles. The van der Waals surface area contributed by atoms with Gasteiger partial charge in [-0.05, 0) is 37.6 Å². The fraction of sp³-hybridized carbons (Fsp3) is 0.368. The Morgan fingerprint density at radius 3 is 2.83 bits per heavy atom. The minimum Gasteiger partial charge on any atom is -0.489 e. The summed E-state index contributed by atoms with van der Waals surface area (Å²) in [6.45, 7) is 5.53. The zero-order valence-corrected chi connectivity index (χ0v) is 14.1. The third-order valence-corrected chi connectivity index (χ3v) is 4.10. The fourth-order valence-corrected chi connectivity index (χ4v) is 2.90. The molecule has 0 bridgehead atoms. The molecule has 0 N–H and O–H groups in total. The van der Waals surface area contributed by atoms with Crippen molar-refractivity contribution >= 4 is 5.91 Å². The van der Waals surface area contributed by atoms with E-state index in [1.807, 2.05) is 55.1 Å². The van der Waals surface area contributed by atoms with Crippen LogP contribution in [0, 0.1) is 6.92 Å². The molecule has 1 aromatic carbocycles. The molecule has 0 aliphatic carbocycles. The highest BCUT2D eigenvalue weighted by molar-refractivity contribution is 5.98. The largest absolute Gasteiger partial charge is 0.489 e. The van der Waals surface area contributed by atoms with E-state index in [1.165, 1.54) is 0 Å². The predicted octanol–water partition coefficient (Wildman–Crippen LogP) is 3.08. The monoisotopic (exact) mass is 326 g/mol. The molecule has 1 fully saturated rings. The van der Waals surface area contributed by atoms with E-state index in [0.29, 0.717) is 31.1 Å². The average Bonchev–Trinajstić information content (AvgIpc) is 3.04. The minimum atomic E-state index is -0.0387. The van der Waals surface area contributed by atoms with Gasteiger partial charge in [-0.2, -0.15) is 0 Å². The maximum absolute atomic E-state index is 12.9. The van der Waals surface area contributed by atoms with E-state index in [4.69, 9.17) is 9.47 Å². The second kappa shape index (κ2) is 7.34. The van der Waals surface area contributed by atoms with Gasteiger partial charge in [0.05, 0.1) is 13.2 Å². The standard InChI is InChI=1S/C19H22N2O3/c1-3-23-18-17(14(2)9-11-20-18)19(22)21-12-10-16(13-21)24-15-7-5-4-6-8-15/h4-9,11,16H,3,10,12-13H2,1-2H3/t16-/m1/s1. The lowest BCUT2D eigenvalue weighted by Gasteiger charge is -2.19. The normalized spacial score (nSPS) is 16.9. The first-order valence-corrected chi connectivity index (χ1v) is 8.28. The van der Waals surface area contributed by atoms with Crippen molar-refractivity contribution in [1.29, 1.82) is 0 Å². The van der Waals surface area contributed by atoms with Gasteiger partial charge in [-0.1, -0.05) is 18.2 Å². The number of ether oxygens (including phenoxy) is 2. The Labute approximate surface area is 142 Å². The van der Waals surface area contributed by atoms with Gasteiger partial charge < -0.3 is 14.4 Å². The highest BCUT2D eigenvalue weighted by atomic mass is 16.5. The van der Waals surface area contributed by atoms with Crippen molar-refractivity contribution in [3.8, 4) is 11.6 Å². The van der Waals surface area contributed by atoms with Gasteiger partial charge in [-0.25, -0.2) is 4.98 Å². The quantitative estimate of drug-likeness (QED) is 0.847. The number of benzene rings is 1. The molecule has 3 rings (SSSR count). The molecule has 1 aliphatic heterocycles. The zero-order valence-electron chi connectivity index (χ0n) is 14.1. The molecular formula is C19H22N2O3. The van der Waals surface area contributed by atoms with E-state index in [2.05, 4.69) is 4.98 Å². The summed E-state index contributed by atoms with van der Waals surface area (Å²) in [5, 5.41) is 0. The molecule has 0 unspecified atom stereocenters. The molecule has 0 spiro atoms. The van der Waals surface area contributed by atoms with Crippen molar-refractivity contribution in [2.75, 3.05) is 19.7 Å². The minimum absolute atomic E-state index is 0.0175. The summed E-state index contributed by atoms with van der Waals surface area (Å²) >= 11 is 0. The predicted molar refractivity (Wildman–Crippen MR) is 91.5 cm³/mol. The maximum atomic E-state index is 12.9. The first kappa shape index (κ1) is 16.3. The second-order valence-electron chi connectivity index (χ2n) is 5.83. The number of carbonyl (C=O) groups is 1. The Hall–Kier alpha value is -2.56. The fourth-order valence-electron chi connectivity index (χ4n) is 2.90. The summed E-state index contributed by atoms with van der Waals surface area (Å²) in [7, 11) is 0. The number of carbonyl (C=O) groups excluding carboxylic acids is 1. The molecule has 24 heavy (non-hydrogen) atoms. The van der Waals surface area contributed by atoms with Gasteiger partial charge in [-0.15, -0.1) is 0 Å². The third-order valence-electron chi connectivity index (χ3n) is 4.10. The molecule has 5 heteroatoms. The SMILES string of the molecule is CCOc1nccc(C)c1C(=O)N1CC[C@@H](Oc2ccccc2)C1. The van der Waals surface area contributed by atoms with Gasteiger partial charge >= 0.3 is 0 Å². The zero-order chi connectivity index (χ0) is 16.9. The van der Waals surface area contributed by atoms with Crippen LogP contribution in [0.1, 0.15) is 29.3 Å². The first-order valence-electron chi connectivity index (χ1n) is 8.28. The number of aryl methyl sites for hydroxylation is 1. The number of nitrogens with zero attached hydrogens (tertiary/aromatic N) is 2. The van der Waals surface area contributed by atoms with E-state index in [9.17, 15) is 4.79 Å². The van der Waals surface area contributed by atoms with Crippen LogP contribution in [0.3, 0.4) is 0 Å². The lowest BCUT2D eigenvalue weighted by atomic mass is 10.1. The van der Waals surface area contributed by atoms with Gasteiger partial charge in [0.25, 0.3) is 5.91 Å². The van der Waals surface area contributed by atoms with Crippen molar-refractivity contribution in [2.24, 2.45) is 0 Å². The maximum Gasteiger partial charge on any atom is 0.259 e. The molecular weight excluding hydrogens is 304 g/mol. The molecule has 1 aliphatic rings. The number of hydrogen-bond donors (Lipinski definition) is 0. The number of pyridine rings is 1. The van der Waals surface area contributed by atoms with Gasteiger partial charge in [0.2, 0.25) is 5.88 Å². The molecule has 5 nitrogen and oxygen atoms in total. The van der Waals surface area contributed by atoms with Crippen LogP contribution in [0.5, 0.6) is 11.6 Å². The van der Waals surface area contributed by atoms with Gasteiger partial charge in [0.15, 0.2) is 0 Å². The highest BCUT2D eigenvalue weighted by Gasteiger charge is 2.31. The van der Waals surface area contributed by atoms with Crippen LogP contribution in [0.25, 0.3) is 0 Å². The molecule has 2 aromatic rings. The lowest BCUT2D eigenvalue weighted by molar-refractivity contribution is 0.0766. The molecule has 1 saturated heterocycles. The summed E-state index contributed by atoms with van der Waals surface area (Å²) in [6.07, 6.45) is 2.51. The van der Waals surface area contributed by atoms with Gasteiger partial charge in [0, 0.05) is 19.2 Å². The summed E-state index contributed by atoms with van der Waals surface area (Å²) in [6, 6.07) is 11.6. The van der Waals surface area contributed by atoms with Crippen LogP contribution in [-0.4, -0.2) is 41.6 Å². The van der Waals surface area contributed by atoms with Crippen molar-refractivity contribution in [2.45, 2.75) is 26.4 Å². The summed E-state index contributed by atoms with van der Waals surface area (Å²) in [4.78, 5) is 18.9. The molecule has 2 heterocycles. The average molecular weight is 326 g/mol. The molecule has 1 amide bonds. The third kappa shape index (κ3) is 3.50. The Morgan fingerprint density at radius 1 is 1.29 bits per heavy atom. The number of para-hydroxylation sites is 1. The van der Waals surface area contributed by atoms with Crippen LogP contribution in [0.15, 0.2) is 42.6 Å². The lowest BCUT2D eigenvalue weighted by Crippen LogP contribution is -2.32. The van der Waals surface area contributed by atoms with Crippen LogP contribution in [0.4, 0.5) is 0 Å². The highest BCUT2D eigenvalue weighted by Crippen LogP contribution is 2.25. The van der Waals surface area contributed by atoms with Crippen LogP contribution in [0.2, 0.25) is 0 Å². The summed E-state index contributed by atoms with van der Waals surface area (Å²) < 4.78 is 11.5. The topological polar surface area (TPSA) is 51.7 Å². The second-order valence-corrected chi connectivity index (χ2v) is 5.83. The van der Waals surface area contributed by atoms with E-state index in [1.54, 1.807) is 6.20 Å². The van der Waals surface area contributed by atoms with Crippen molar-refractivity contribution in [1.82, 2.24) is 9.88 Å². The number of amides is 1. The van der Waals surface area contributed by atoms with Crippen LogP contribution in [-0.2, 0) is 0 Å². The number of likely N-dealkylation sites (tertiary alicyclic amines) is 1. The van der Waals surface area contributed by atoms with E-state index < -0.39 is 0 Å². The number of hydrogen-bond acceptors (Lipinski definition) is 4. The van der Waals surface area contributed by atoms with Crippen molar-refractivity contribution < 1.29 is 14.3 Å². The van der Waals surface area contributed by atoms with E-state index in [-0.39, 0.29) is 12.0 Å². The molecule has 126 valence electrons. The number of rotatable bonds is 5. The first-order chi connectivity index (χ1) is 11.7. The van der Waals surface area contributed by atoms with Crippen molar-refractivity contribution in [3.63, 3.8) is 0 Å². The number of aromatic nitrogens is 1. The smallest absolute Gasteiger partial charge is 0.259 e. The molecule has 1 atom stereocenters. The molecule has 1 aromatic heterocycles. The molecule has 0 radical (unpaired) electrons. The van der Waals surface area contributed by atoms with Gasteiger partial charge in [-0.3, -0.25) is 4.79 Å². The summed E-state index contributed by atoms with van der Waals surface area (Å²) in [5.41, 5.74) is 1.44.